The largest absolute Gasteiger partial charge is 0.333 e. The van der Waals surface area contributed by atoms with E-state index in [0.29, 0.717) is 18.8 Å². The number of carbonyl (C=O) groups excluding carboxylic acids is 1. The smallest absolute Gasteiger partial charge is 0.272 e. The molecule has 4 aromatic rings. The molecule has 1 amide bonds. The first-order chi connectivity index (χ1) is 14.2. The molecule has 0 unspecified atom stereocenters. The van der Waals surface area contributed by atoms with Crippen molar-refractivity contribution in [1.82, 2.24) is 19.4 Å². The molecule has 5 nitrogen and oxygen atoms in total. The predicted octanol–water partition coefficient (Wildman–Crippen LogP) is 4.42. The lowest BCUT2D eigenvalue weighted by Crippen LogP contribution is -2.28. The Morgan fingerprint density at radius 3 is 2.55 bits per heavy atom. The summed E-state index contributed by atoms with van der Waals surface area (Å²) in [5.74, 6) is 0.722. The molecule has 144 valence electrons. The molecule has 5 heteroatoms. The predicted molar refractivity (Wildman–Crippen MR) is 115 cm³/mol. The van der Waals surface area contributed by atoms with Crippen LogP contribution in [-0.4, -0.2) is 32.4 Å². The number of hydrogen-bond acceptors (Lipinski definition) is 3. The highest BCUT2D eigenvalue weighted by Gasteiger charge is 2.17. The van der Waals surface area contributed by atoms with Crippen molar-refractivity contribution < 1.29 is 4.79 Å². The molecule has 0 fully saturated rings. The van der Waals surface area contributed by atoms with Crippen LogP contribution in [0, 0.1) is 0 Å². The molecule has 2 heterocycles. The number of benzene rings is 2. The van der Waals surface area contributed by atoms with Gasteiger partial charge in [-0.25, -0.2) is 4.98 Å². The van der Waals surface area contributed by atoms with Crippen LogP contribution in [0.5, 0.6) is 0 Å². The Labute approximate surface area is 170 Å². The van der Waals surface area contributed by atoms with Crippen molar-refractivity contribution in [2.45, 2.75) is 13.1 Å². The molecule has 0 N–H and O–H groups in total. The average Bonchev–Trinajstić information content (AvgIpc) is 3.11. The number of nitrogens with zero attached hydrogens (tertiary/aromatic N) is 4. The number of allylic oxidation sites excluding steroid dienone is 1. The van der Waals surface area contributed by atoms with E-state index in [1.807, 2.05) is 42.5 Å². The lowest BCUT2D eigenvalue weighted by molar-refractivity contribution is 0.0774. The van der Waals surface area contributed by atoms with Gasteiger partial charge in [0, 0.05) is 19.8 Å². The van der Waals surface area contributed by atoms with Gasteiger partial charge in [0.25, 0.3) is 5.91 Å². The zero-order valence-corrected chi connectivity index (χ0v) is 16.3. The van der Waals surface area contributed by atoms with Crippen molar-refractivity contribution >= 4 is 23.0 Å². The van der Waals surface area contributed by atoms with Crippen molar-refractivity contribution in [1.29, 1.82) is 0 Å². The summed E-state index contributed by atoms with van der Waals surface area (Å²) in [6, 6.07) is 23.6. The quantitative estimate of drug-likeness (QED) is 0.496. The summed E-state index contributed by atoms with van der Waals surface area (Å²) in [6.07, 6.45) is 5.85. The van der Waals surface area contributed by atoms with E-state index >= 15 is 0 Å². The highest BCUT2D eigenvalue weighted by molar-refractivity contribution is 5.92. The van der Waals surface area contributed by atoms with E-state index in [-0.39, 0.29) is 5.91 Å². The van der Waals surface area contributed by atoms with Gasteiger partial charge in [-0.2, -0.15) is 0 Å². The monoisotopic (exact) mass is 382 g/mol. The second-order valence-electron chi connectivity index (χ2n) is 6.82. The fourth-order valence-electron chi connectivity index (χ4n) is 3.28. The van der Waals surface area contributed by atoms with Gasteiger partial charge in [-0.3, -0.25) is 9.78 Å². The number of imidazole rings is 1. The van der Waals surface area contributed by atoms with Gasteiger partial charge in [0.05, 0.1) is 17.6 Å². The molecule has 29 heavy (non-hydrogen) atoms. The molecular formula is C24H22N4O. The molecule has 0 radical (unpaired) electrons. The number of amides is 1. The molecule has 0 saturated heterocycles. The highest BCUT2D eigenvalue weighted by Crippen LogP contribution is 2.18. The maximum atomic E-state index is 12.7. The average molecular weight is 382 g/mol. The van der Waals surface area contributed by atoms with Crippen LogP contribution in [0.15, 0.2) is 85.1 Å². The summed E-state index contributed by atoms with van der Waals surface area (Å²) < 4.78 is 2.15. The summed E-state index contributed by atoms with van der Waals surface area (Å²) in [4.78, 5) is 23.3. The van der Waals surface area contributed by atoms with Gasteiger partial charge < -0.3 is 9.47 Å². The molecule has 4 rings (SSSR count). The molecule has 0 bridgehead atoms. The number of aromatic nitrogens is 3. The molecule has 0 atom stereocenters. The van der Waals surface area contributed by atoms with E-state index in [2.05, 4.69) is 39.9 Å². The van der Waals surface area contributed by atoms with Crippen LogP contribution in [0.25, 0.3) is 17.1 Å². The van der Waals surface area contributed by atoms with Crippen molar-refractivity contribution in [3.63, 3.8) is 0 Å². The van der Waals surface area contributed by atoms with Gasteiger partial charge in [0.15, 0.2) is 0 Å². The first-order valence-corrected chi connectivity index (χ1v) is 9.54. The van der Waals surface area contributed by atoms with Crippen molar-refractivity contribution in [2.75, 3.05) is 7.05 Å². The Hall–Kier alpha value is -3.73. The third-order valence-electron chi connectivity index (χ3n) is 4.74. The zero-order valence-electron chi connectivity index (χ0n) is 16.3. The second-order valence-corrected chi connectivity index (χ2v) is 6.82. The van der Waals surface area contributed by atoms with Gasteiger partial charge in [-0.15, -0.1) is 0 Å². The molecule has 2 aromatic carbocycles. The van der Waals surface area contributed by atoms with Crippen LogP contribution in [0.3, 0.4) is 0 Å². The summed E-state index contributed by atoms with van der Waals surface area (Å²) in [5, 5.41) is 0. The third-order valence-corrected chi connectivity index (χ3v) is 4.74. The number of carbonyl (C=O) groups is 1. The van der Waals surface area contributed by atoms with Crippen LogP contribution in [0.2, 0.25) is 0 Å². The van der Waals surface area contributed by atoms with Gasteiger partial charge >= 0.3 is 0 Å². The van der Waals surface area contributed by atoms with Gasteiger partial charge in [0.2, 0.25) is 0 Å². The van der Waals surface area contributed by atoms with E-state index in [1.165, 1.54) is 0 Å². The van der Waals surface area contributed by atoms with E-state index in [9.17, 15) is 4.79 Å². The van der Waals surface area contributed by atoms with E-state index < -0.39 is 0 Å². The molecule has 2 aromatic heterocycles. The fourth-order valence-corrected chi connectivity index (χ4v) is 3.28. The number of rotatable bonds is 6. The molecule has 0 aliphatic carbocycles. The minimum absolute atomic E-state index is 0.121. The summed E-state index contributed by atoms with van der Waals surface area (Å²) in [6.45, 7) is 1.08. The highest BCUT2D eigenvalue weighted by atomic mass is 16.2. The summed E-state index contributed by atoms with van der Waals surface area (Å²) >= 11 is 0. The minimum atomic E-state index is -0.121. The van der Waals surface area contributed by atoms with Gasteiger partial charge in [0.1, 0.15) is 11.5 Å². The topological polar surface area (TPSA) is 51.0 Å². The molecular weight excluding hydrogens is 360 g/mol. The van der Waals surface area contributed by atoms with Crippen LogP contribution < -0.4 is 0 Å². The second kappa shape index (κ2) is 8.52. The Bertz CT molecular complexity index is 1130. The van der Waals surface area contributed by atoms with E-state index in [4.69, 9.17) is 4.98 Å². The zero-order chi connectivity index (χ0) is 20.1. The minimum Gasteiger partial charge on any atom is -0.333 e. The third kappa shape index (κ3) is 4.24. The van der Waals surface area contributed by atoms with Crippen LogP contribution in [-0.2, 0) is 13.1 Å². The van der Waals surface area contributed by atoms with Crippen LogP contribution in [0.1, 0.15) is 21.9 Å². The Balaban J connectivity index is 1.59. The lowest BCUT2D eigenvalue weighted by atomic mass is 10.2. The Morgan fingerprint density at radius 2 is 1.76 bits per heavy atom. The van der Waals surface area contributed by atoms with Crippen molar-refractivity contribution in [3.8, 4) is 0 Å². The van der Waals surface area contributed by atoms with Gasteiger partial charge in [-0.1, -0.05) is 60.7 Å². The first-order valence-electron chi connectivity index (χ1n) is 9.54. The summed E-state index contributed by atoms with van der Waals surface area (Å²) in [7, 11) is 1.78. The molecule has 0 aliphatic rings. The van der Waals surface area contributed by atoms with Crippen molar-refractivity contribution in [2.24, 2.45) is 0 Å². The maximum Gasteiger partial charge on any atom is 0.272 e. The molecule has 0 aliphatic heterocycles. The normalized spacial score (nSPS) is 11.2. The lowest BCUT2D eigenvalue weighted by Gasteiger charge is -2.17. The number of hydrogen-bond donors (Lipinski definition) is 0. The van der Waals surface area contributed by atoms with E-state index in [1.54, 1.807) is 30.3 Å². The first kappa shape index (κ1) is 18.6. The van der Waals surface area contributed by atoms with Crippen molar-refractivity contribution in [3.05, 3.63) is 102 Å². The van der Waals surface area contributed by atoms with Crippen LogP contribution in [0.4, 0.5) is 0 Å². The Kier molecular flexibility index (Phi) is 5.47. The SMILES string of the molecule is CN(Cc1nc2ccccc2n1C/C=C/c1ccccc1)C(=O)c1ccccn1. The number of pyridine rings is 1. The summed E-state index contributed by atoms with van der Waals surface area (Å²) in [5.41, 5.74) is 3.57. The van der Waals surface area contributed by atoms with Crippen LogP contribution >= 0.6 is 0 Å². The molecule has 0 spiro atoms. The number of para-hydroxylation sites is 2. The number of fused-ring (bicyclic) bond motifs is 1. The molecule has 0 saturated carbocycles. The Morgan fingerprint density at radius 1 is 1.00 bits per heavy atom. The standard InChI is InChI=1S/C24H22N4O/c1-27(24(29)21-14-7-8-16-25-21)18-23-26-20-13-5-6-15-22(20)28(23)17-9-12-19-10-3-2-4-11-19/h2-16H,17-18H2,1H3/b12-9+. The maximum absolute atomic E-state index is 12.7. The fraction of sp³-hybridized carbons (Fsp3) is 0.125. The van der Waals surface area contributed by atoms with E-state index in [0.717, 1.165) is 22.4 Å². The van der Waals surface area contributed by atoms with Gasteiger partial charge in [-0.05, 0) is 29.8 Å².